The standard InChI is InChI=1S/C11H15BrClNO/c1-2-10(7-15)14-6-8-3-4-9(12)5-11(8)13/h3-5,10,14-15H,2,6-7H2,1H3/t10-/m1/s1. The van der Waals surface area contributed by atoms with Crippen LogP contribution in [-0.4, -0.2) is 17.8 Å². The zero-order valence-electron chi connectivity index (χ0n) is 8.63. The third kappa shape index (κ3) is 4.11. The first kappa shape index (κ1) is 13.0. The summed E-state index contributed by atoms with van der Waals surface area (Å²) in [5.41, 5.74) is 1.05. The number of rotatable bonds is 5. The predicted octanol–water partition coefficient (Wildman–Crippen LogP) is 2.96. The van der Waals surface area contributed by atoms with E-state index < -0.39 is 0 Å². The van der Waals surface area contributed by atoms with Gasteiger partial charge in [0.05, 0.1) is 6.61 Å². The Hall–Kier alpha value is -0.0900. The quantitative estimate of drug-likeness (QED) is 0.874. The van der Waals surface area contributed by atoms with Crippen molar-refractivity contribution in [3.05, 3.63) is 33.3 Å². The van der Waals surface area contributed by atoms with Crippen LogP contribution in [0.1, 0.15) is 18.9 Å². The van der Waals surface area contributed by atoms with Gasteiger partial charge in [-0.1, -0.05) is 40.5 Å². The lowest BCUT2D eigenvalue weighted by Crippen LogP contribution is -2.31. The van der Waals surface area contributed by atoms with Gasteiger partial charge in [0.2, 0.25) is 0 Å². The topological polar surface area (TPSA) is 32.3 Å². The van der Waals surface area contributed by atoms with Gasteiger partial charge < -0.3 is 10.4 Å². The summed E-state index contributed by atoms with van der Waals surface area (Å²) >= 11 is 9.43. The van der Waals surface area contributed by atoms with Gasteiger partial charge in [-0.25, -0.2) is 0 Å². The normalized spacial score (nSPS) is 12.8. The van der Waals surface area contributed by atoms with Crippen molar-refractivity contribution < 1.29 is 5.11 Å². The first-order valence-corrected chi connectivity index (χ1v) is 6.12. The molecule has 0 bridgehead atoms. The molecule has 15 heavy (non-hydrogen) atoms. The highest BCUT2D eigenvalue weighted by Crippen LogP contribution is 2.21. The van der Waals surface area contributed by atoms with E-state index in [9.17, 15) is 0 Å². The number of benzene rings is 1. The van der Waals surface area contributed by atoms with Crippen LogP contribution in [0.25, 0.3) is 0 Å². The molecule has 0 radical (unpaired) electrons. The van der Waals surface area contributed by atoms with E-state index in [1.165, 1.54) is 0 Å². The van der Waals surface area contributed by atoms with Crippen LogP contribution in [0, 0.1) is 0 Å². The SMILES string of the molecule is CC[C@H](CO)NCc1ccc(Br)cc1Cl. The lowest BCUT2D eigenvalue weighted by atomic mass is 10.2. The molecule has 0 aliphatic heterocycles. The van der Waals surface area contributed by atoms with Gasteiger partial charge in [0.1, 0.15) is 0 Å². The molecule has 0 spiro atoms. The average Bonchev–Trinajstić information content (AvgIpc) is 2.22. The van der Waals surface area contributed by atoms with Crippen LogP contribution < -0.4 is 5.32 Å². The molecule has 0 aliphatic rings. The van der Waals surface area contributed by atoms with Crippen LogP contribution >= 0.6 is 27.5 Å². The summed E-state index contributed by atoms with van der Waals surface area (Å²) in [6.45, 7) is 2.88. The molecule has 1 aromatic rings. The number of aliphatic hydroxyl groups excluding tert-OH is 1. The molecule has 2 N–H and O–H groups in total. The van der Waals surface area contributed by atoms with E-state index in [0.29, 0.717) is 6.54 Å². The lowest BCUT2D eigenvalue weighted by Gasteiger charge is -2.14. The van der Waals surface area contributed by atoms with Crippen molar-refractivity contribution in [2.24, 2.45) is 0 Å². The Morgan fingerprint density at radius 2 is 2.27 bits per heavy atom. The highest BCUT2D eigenvalue weighted by atomic mass is 79.9. The molecule has 1 aromatic carbocycles. The second-order valence-corrected chi connectivity index (χ2v) is 4.73. The number of halogens is 2. The van der Waals surface area contributed by atoms with Gasteiger partial charge in [-0.2, -0.15) is 0 Å². The predicted molar refractivity (Wildman–Crippen MR) is 67.2 cm³/mol. The molecular weight excluding hydrogens is 277 g/mol. The van der Waals surface area contributed by atoms with Crippen molar-refractivity contribution in [2.45, 2.75) is 25.9 Å². The Balaban J connectivity index is 2.57. The molecule has 1 rings (SSSR count). The summed E-state index contributed by atoms with van der Waals surface area (Å²) in [7, 11) is 0. The van der Waals surface area contributed by atoms with Gasteiger partial charge in [0, 0.05) is 22.1 Å². The minimum atomic E-state index is 0.143. The maximum atomic E-state index is 9.01. The molecule has 0 aliphatic carbocycles. The zero-order valence-corrected chi connectivity index (χ0v) is 11.0. The molecular formula is C11H15BrClNO. The van der Waals surface area contributed by atoms with Crippen LogP contribution in [-0.2, 0) is 6.54 Å². The van der Waals surface area contributed by atoms with E-state index in [1.54, 1.807) is 0 Å². The van der Waals surface area contributed by atoms with Gasteiger partial charge in [0.25, 0.3) is 0 Å². The van der Waals surface area contributed by atoms with Crippen LogP contribution in [0.2, 0.25) is 5.02 Å². The lowest BCUT2D eigenvalue weighted by molar-refractivity contribution is 0.238. The number of hydrogen-bond acceptors (Lipinski definition) is 2. The minimum absolute atomic E-state index is 0.143. The number of hydrogen-bond donors (Lipinski definition) is 2. The summed E-state index contributed by atoms with van der Waals surface area (Å²) in [5, 5.41) is 13.0. The van der Waals surface area contributed by atoms with Gasteiger partial charge in [-0.15, -0.1) is 0 Å². The molecule has 0 aromatic heterocycles. The van der Waals surface area contributed by atoms with Crippen LogP contribution in [0.15, 0.2) is 22.7 Å². The smallest absolute Gasteiger partial charge is 0.0584 e. The first-order chi connectivity index (χ1) is 7.17. The summed E-state index contributed by atoms with van der Waals surface area (Å²) in [6, 6.07) is 5.95. The van der Waals surface area contributed by atoms with Gasteiger partial charge in [-0.3, -0.25) is 0 Å². The Morgan fingerprint density at radius 3 is 2.80 bits per heavy atom. The highest BCUT2D eigenvalue weighted by Gasteiger charge is 2.05. The zero-order chi connectivity index (χ0) is 11.3. The fourth-order valence-electron chi connectivity index (χ4n) is 1.26. The summed E-state index contributed by atoms with van der Waals surface area (Å²) in [6.07, 6.45) is 0.907. The number of aliphatic hydroxyl groups is 1. The summed E-state index contributed by atoms with van der Waals surface area (Å²) < 4.78 is 0.977. The molecule has 0 saturated carbocycles. The van der Waals surface area contributed by atoms with Gasteiger partial charge >= 0.3 is 0 Å². The molecule has 0 unspecified atom stereocenters. The second kappa shape index (κ2) is 6.48. The van der Waals surface area contributed by atoms with Crippen LogP contribution in [0.5, 0.6) is 0 Å². The Labute approximate surface area is 104 Å². The molecule has 1 atom stereocenters. The molecule has 84 valence electrons. The van der Waals surface area contributed by atoms with Crippen LogP contribution in [0.4, 0.5) is 0 Å². The number of nitrogens with one attached hydrogen (secondary N) is 1. The van der Waals surface area contributed by atoms with E-state index >= 15 is 0 Å². The van der Waals surface area contributed by atoms with Gasteiger partial charge in [-0.05, 0) is 24.1 Å². The van der Waals surface area contributed by atoms with E-state index in [0.717, 1.165) is 21.5 Å². The van der Waals surface area contributed by atoms with Crippen molar-refractivity contribution in [3.8, 4) is 0 Å². The van der Waals surface area contributed by atoms with E-state index in [2.05, 4.69) is 21.2 Å². The molecule has 2 nitrogen and oxygen atoms in total. The highest BCUT2D eigenvalue weighted by molar-refractivity contribution is 9.10. The second-order valence-electron chi connectivity index (χ2n) is 3.40. The molecule has 0 amide bonds. The molecule has 0 saturated heterocycles. The first-order valence-electron chi connectivity index (χ1n) is 4.95. The third-order valence-corrected chi connectivity index (χ3v) is 3.15. The largest absolute Gasteiger partial charge is 0.395 e. The third-order valence-electron chi connectivity index (χ3n) is 2.31. The van der Waals surface area contributed by atoms with Crippen molar-refractivity contribution in [1.29, 1.82) is 0 Å². The molecule has 4 heteroatoms. The van der Waals surface area contributed by atoms with Crippen molar-refractivity contribution in [2.75, 3.05) is 6.61 Å². The van der Waals surface area contributed by atoms with E-state index in [4.69, 9.17) is 16.7 Å². The van der Waals surface area contributed by atoms with E-state index in [1.807, 2.05) is 25.1 Å². The summed E-state index contributed by atoms with van der Waals surface area (Å²) in [4.78, 5) is 0. The maximum Gasteiger partial charge on any atom is 0.0584 e. The fourth-order valence-corrected chi connectivity index (χ4v) is 2.00. The Kier molecular flexibility index (Phi) is 5.61. The maximum absolute atomic E-state index is 9.01. The van der Waals surface area contributed by atoms with Crippen molar-refractivity contribution in [3.63, 3.8) is 0 Å². The van der Waals surface area contributed by atoms with Crippen molar-refractivity contribution >= 4 is 27.5 Å². The van der Waals surface area contributed by atoms with Crippen LogP contribution in [0.3, 0.4) is 0 Å². The minimum Gasteiger partial charge on any atom is -0.395 e. The molecule has 0 heterocycles. The monoisotopic (exact) mass is 291 g/mol. The Morgan fingerprint density at radius 1 is 1.53 bits per heavy atom. The van der Waals surface area contributed by atoms with E-state index in [-0.39, 0.29) is 12.6 Å². The van der Waals surface area contributed by atoms with Crippen molar-refractivity contribution in [1.82, 2.24) is 5.32 Å². The molecule has 0 fully saturated rings. The van der Waals surface area contributed by atoms with Gasteiger partial charge in [0.15, 0.2) is 0 Å². The fraction of sp³-hybridized carbons (Fsp3) is 0.455. The Bertz CT molecular complexity index is 315. The average molecular weight is 293 g/mol. The summed E-state index contributed by atoms with van der Waals surface area (Å²) in [5.74, 6) is 0.